The second kappa shape index (κ2) is 7.75. The number of phenols is 1. The highest BCUT2D eigenvalue weighted by Crippen LogP contribution is 2.42. The van der Waals surface area contributed by atoms with Crippen LogP contribution in [0.2, 0.25) is 0 Å². The first-order valence-corrected chi connectivity index (χ1v) is 10.1. The minimum absolute atomic E-state index is 0.189. The molecule has 0 saturated heterocycles. The van der Waals surface area contributed by atoms with Crippen molar-refractivity contribution in [1.82, 2.24) is 0 Å². The van der Waals surface area contributed by atoms with E-state index >= 15 is 0 Å². The predicted molar refractivity (Wildman–Crippen MR) is 104 cm³/mol. The van der Waals surface area contributed by atoms with Gasteiger partial charge in [0.15, 0.2) is 11.4 Å². The number of phenolic OH excluding ortho intramolecular Hbond substituents is 1. The molecule has 1 aromatic rings. The summed E-state index contributed by atoms with van der Waals surface area (Å²) < 4.78 is 16.5. The Kier molecular flexibility index (Phi) is 6.79. The summed E-state index contributed by atoms with van der Waals surface area (Å²) in [5, 5.41) is 10.8. The molecular formula is C20H32O5P+. The Bertz CT molecular complexity index is 656. The average molecular weight is 383 g/mol. The van der Waals surface area contributed by atoms with Crippen molar-refractivity contribution in [2.45, 2.75) is 84.7 Å². The highest BCUT2D eigenvalue weighted by molar-refractivity contribution is 7.32. The predicted octanol–water partition coefficient (Wildman–Crippen LogP) is 5.40. The molecule has 5 nitrogen and oxygen atoms in total. The first kappa shape index (κ1) is 22.8. The van der Waals surface area contributed by atoms with Crippen LogP contribution in [-0.2, 0) is 19.9 Å². The van der Waals surface area contributed by atoms with Crippen molar-refractivity contribution >= 4 is 14.0 Å². The second-order valence-electron chi connectivity index (χ2n) is 8.78. The van der Waals surface area contributed by atoms with Crippen molar-refractivity contribution < 1.29 is 23.9 Å². The van der Waals surface area contributed by atoms with Crippen molar-refractivity contribution in [2.75, 3.05) is 0 Å². The lowest BCUT2D eigenvalue weighted by Gasteiger charge is -2.30. The fourth-order valence-electron chi connectivity index (χ4n) is 3.06. The Morgan fingerprint density at radius 3 is 1.65 bits per heavy atom. The lowest BCUT2D eigenvalue weighted by atomic mass is 9.76. The van der Waals surface area contributed by atoms with Gasteiger partial charge in [0.25, 0.3) is 0 Å². The van der Waals surface area contributed by atoms with E-state index in [0.717, 1.165) is 0 Å². The second-order valence-corrected chi connectivity index (χ2v) is 9.44. The molecule has 1 aromatic carbocycles. The number of carbonyl (C=O) groups is 1. The Labute approximate surface area is 157 Å². The summed E-state index contributed by atoms with van der Waals surface area (Å²) in [4.78, 5) is 22.5. The number of Topliss-reactive ketones (excluding diaryl/α,β-unsaturated/α-hetero) is 1. The highest BCUT2D eigenvalue weighted by Gasteiger charge is 2.45. The monoisotopic (exact) mass is 383 g/mol. The summed E-state index contributed by atoms with van der Waals surface area (Å²) in [6.07, 6.45) is 0.557. The van der Waals surface area contributed by atoms with E-state index in [0.29, 0.717) is 16.7 Å². The number of rotatable bonds is 6. The molecule has 146 valence electrons. The van der Waals surface area contributed by atoms with Gasteiger partial charge in [-0.25, -0.2) is 0 Å². The average Bonchev–Trinajstić information content (AvgIpc) is 2.49. The fourth-order valence-corrected chi connectivity index (χ4v) is 3.70. The third-order valence-electron chi connectivity index (χ3n) is 4.80. The van der Waals surface area contributed by atoms with Crippen molar-refractivity contribution in [2.24, 2.45) is 0 Å². The zero-order valence-corrected chi connectivity index (χ0v) is 18.0. The van der Waals surface area contributed by atoms with Crippen molar-refractivity contribution in [1.29, 1.82) is 0 Å². The summed E-state index contributed by atoms with van der Waals surface area (Å²) >= 11 is 0. The number of aromatic hydroxyl groups is 1. The molecule has 0 heterocycles. The van der Waals surface area contributed by atoms with Crippen molar-refractivity contribution in [3.8, 4) is 5.75 Å². The van der Waals surface area contributed by atoms with Crippen molar-refractivity contribution in [3.63, 3.8) is 0 Å². The third kappa shape index (κ3) is 4.70. The number of ketones is 1. The SMILES string of the molecule is CCC(CC)(O[P+](=O)O)C(=O)c1cc(C(C)(C)C)c(O)c(C(C)(C)C)c1. The van der Waals surface area contributed by atoms with Crippen LogP contribution in [-0.4, -0.2) is 21.4 Å². The van der Waals surface area contributed by atoms with E-state index in [4.69, 9.17) is 4.52 Å². The molecule has 1 rings (SSSR count). The minimum Gasteiger partial charge on any atom is -0.507 e. The van der Waals surface area contributed by atoms with E-state index in [1.165, 1.54) is 0 Å². The van der Waals surface area contributed by atoms with Crippen LogP contribution in [0.5, 0.6) is 5.75 Å². The molecule has 0 fully saturated rings. The quantitative estimate of drug-likeness (QED) is 0.508. The molecule has 6 heteroatoms. The van der Waals surface area contributed by atoms with Gasteiger partial charge in [-0.3, -0.25) is 4.79 Å². The maximum Gasteiger partial charge on any atom is 0.695 e. The van der Waals surface area contributed by atoms with E-state index in [2.05, 4.69) is 0 Å². The molecule has 0 saturated carbocycles. The number of hydrogen-bond acceptors (Lipinski definition) is 4. The maximum atomic E-state index is 13.3. The lowest BCUT2D eigenvalue weighted by molar-refractivity contribution is 0.0394. The molecule has 0 radical (unpaired) electrons. The molecule has 0 aliphatic heterocycles. The topological polar surface area (TPSA) is 83.8 Å². The van der Waals surface area contributed by atoms with E-state index in [1.807, 2.05) is 41.5 Å². The first-order chi connectivity index (χ1) is 11.7. The Balaban J connectivity index is 3.71. The number of carbonyl (C=O) groups excluding carboxylic acids is 1. The van der Waals surface area contributed by atoms with Gasteiger partial charge in [0.1, 0.15) is 5.75 Å². The van der Waals surface area contributed by atoms with Crippen LogP contribution in [0.4, 0.5) is 0 Å². The molecular weight excluding hydrogens is 351 g/mol. The van der Waals surface area contributed by atoms with Gasteiger partial charge in [0, 0.05) is 21.3 Å². The largest absolute Gasteiger partial charge is 0.695 e. The van der Waals surface area contributed by atoms with Crippen LogP contribution in [0.1, 0.15) is 89.7 Å². The van der Waals surface area contributed by atoms with Gasteiger partial charge in [-0.15, -0.1) is 9.42 Å². The van der Waals surface area contributed by atoms with E-state index in [1.54, 1.807) is 26.0 Å². The molecule has 0 amide bonds. The van der Waals surface area contributed by atoms with Gasteiger partial charge in [-0.1, -0.05) is 55.4 Å². The van der Waals surface area contributed by atoms with Crippen LogP contribution < -0.4 is 0 Å². The Morgan fingerprint density at radius 2 is 1.38 bits per heavy atom. The lowest BCUT2D eigenvalue weighted by Crippen LogP contribution is -2.39. The molecule has 0 spiro atoms. The molecule has 26 heavy (non-hydrogen) atoms. The van der Waals surface area contributed by atoms with Crippen LogP contribution in [0.15, 0.2) is 12.1 Å². The first-order valence-electron chi connectivity index (χ1n) is 8.97. The molecule has 0 aromatic heterocycles. The number of benzene rings is 1. The van der Waals surface area contributed by atoms with Gasteiger partial charge in [-0.05, 0) is 35.8 Å². The van der Waals surface area contributed by atoms with Crippen LogP contribution in [0.3, 0.4) is 0 Å². The zero-order valence-electron chi connectivity index (χ0n) is 17.1. The van der Waals surface area contributed by atoms with Crippen LogP contribution in [0.25, 0.3) is 0 Å². The smallest absolute Gasteiger partial charge is 0.507 e. The molecule has 1 unspecified atom stereocenters. The van der Waals surface area contributed by atoms with Gasteiger partial charge in [0.05, 0.1) is 0 Å². The Hall–Kier alpha value is -1.29. The Morgan fingerprint density at radius 1 is 1.00 bits per heavy atom. The van der Waals surface area contributed by atoms with E-state index in [9.17, 15) is 19.4 Å². The van der Waals surface area contributed by atoms with E-state index < -0.39 is 13.9 Å². The molecule has 0 bridgehead atoms. The molecule has 0 aliphatic rings. The number of hydrogen-bond donors (Lipinski definition) is 2. The minimum atomic E-state index is -2.91. The highest BCUT2D eigenvalue weighted by atomic mass is 31.1. The summed E-state index contributed by atoms with van der Waals surface area (Å²) in [6.45, 7) is 15.3. The zero-order chi connectivity index (χ0) is 20.5. The normalized spacial score (nSPS) is 13.7. The van der Waals surface area contributed by atoms with Gasteiger partial charge >= 0.3 is 8.25 Å². The van der Waals surface area contributed by atoms with Crippen LogP contribution in [0, 0.1) is 0 Å². The molecule has 1 atom stereocenters. The van der Waals surface area contributed by atoms with Crippen molar-refractivity contribution in [3.05, 3.63) is 28.8 Å². The van der Waals surface area contributed by atoms with E-state index in [-0.39, 0.29) is 35.2 Å². The summed E-state index contributed by atoms with van der Waals surface area (Å²) in [6, 6.07) is 3.36. The summed E-state index contributed by atoms with van der Waals surface area (Å²) in [7, 11) is -2.91. The maximum absolute atomic E-state index is 13.3. The van der Waals surface area contributed by atoms with Gasteiger partial charge in [-0.2, -0.15) is 0 Å². The van der Waals surface area contributed by atoms with Gasteiger partial charge in [0.2, 0.25) is 0 Å². The third-order valence-corrected chi connectivity index (χ3v) is 5.30. The molecule has 2 N–H and O–H groups in total. The molecule has 0 aliphatic carbocycles. The van der Waals surface area contributed by atoms with Gasteiger partial charge < -0.3 is 5.11 Å². The standard InChI is InChI=1S/C20H31O5P/c1-9-20(10-2,25-26(23)24)17(22)13-11-14(18(3,4)5)16(21)15(12-13)19(6,7)8/h11-12H,9-10H2,1-8H3,(H-,21,22,23,24)/p+1. The summed E-state index contributed by atoms with van der Waals surface area (Å²) in [5.74, 6) is -0.148. The van der Waals surface area contributed by atoms with Crippen LogP contribution >= 0.6 is 8.25 Å². The fraction of sp³-hybridized carbons (Fsp3) is 0.650. The summed E-state index contributed by atoms with van der Waals surface area (Å²) in [5.41, 5.74) is -0.373.